The highest BCUT2D eigenvalue weighted by Crippen LogP contribution is 2.53. The van der Waals surface area contributed by atoms with E-state index in [1.54, 1.807) is 0 Å². The number of piperidine rings is 1. The highest BCUT2D eigenvalue weighted by atomic mass is 31.2. The maximum absolute atomic E-state index is 12.9. The van der Waals surface area contributed by atoms with Gasteiger partial charge in [-0.1, -0.05) is 18.2 Å². The summed E-state index contributed by atoms with van der Waals surface area (Å²) in [5.41, 5.74) is 1.57. The first-order valence-electron chi connectivity index (χ1n) is 11.3. The van der Waals surface area contributed by atoms with Crippen LogP contribution in [-0.4, -0.2) is 80.0 Å². The number of amides is 3. The zero-order valence-electron chi connectivity index (χ0n) is 18.4. The Hall–Kier alpha value is -1.85. The average molecular weight is 448 g/mol. The van der Waals surface area contributed by atoms with Crippen molar-refractivity contribution in [2.45, 2.75) is 37.8 Å². The van der Waals surface area contributed by atoms with Gasteiger partial charge >= 0.3 is 6.03 Å². The maximum atomic E-state index is 12.9. The number of rotatable bonds is 3. The third kappa shape index (κ3) is 4.14. The first-order valence-corrected chi connectivity index (χ1v) is 13.9. The van der Waals surface area contributed by atoms with Crippen molar-refractivity contribution in [2.75, 3.05) is 46.1 Å². The number of hydrogen-bond acceptors (Lipinski definition) is 4. The molecule has 3 heterocycles. The summed E-state index contributed by atoms with van der Waals surface area (Å²) in [5, 5.41) is 3.93. The summed E-state index contributed by atoms with van der Waals surface area (Å²) in [6.45, 7) is 6.69. The van der Waals surface area contributed by atoms with Gasteiger partial charge in [-0.2, -0.15) is 0 Å². The Morgan fingerprint density at radius 3 is 2.81 bits per heavy atom. The van der Waals surface area contributed by atoms with Crippen molar-refractivity contribution in [1.82, 2.24) is 15.1 Å². The number of carbonyl (C=O) groups excluding carboxylic acids is 2. The van der Waals surface area contributed by atoms with Gasteiger partial charge < -0.3 is 24.4 Å². The molecule has 3 amide bonds. The second kappa shape index (κ2) is 7.63. The molecule has 3 saturated heterocycles. The Bertz CT molecular complexity index is 937. The van der Waals surface area contributed by atoms with Crippen molar-refractivity contribution in [3.63, 3.8) is 0 Å². The number of carbonyl (C=O) groups is 2. The summed E-state index contributed by atoms with van der Waals surface area (Å²) in [4.78, 5) is 28.4. The van der Waals surface area contributed by atoms with Gasteiger partial charge in [-0.3, -0.25) is 4.79 Å². The van der Waals surface area contributed by atoms with Gasteiger partial charge in [-0.05, 0) is 56.6 Å². The number of morpholine rings is 1. The quantitative estimate of drug-likeness (QED) is 0.721. The predicted octanol–water partition coefficient (Wildman–Crippen LogP) is 2.14. The molecule has 0 aromatic heterocycles. The molecule has 1 aromatic carbocycles. The smallest absolute Gasteiger partial charge is 0.320 e. The van der Waals surface area contributed by atoms with E-state index >= 15 is 0 Å². The minimum absolute atomic E-state index is 0. The molecule has 1 aliphatic carbocycles. The van der Waals surface area contributed by atoms with Crippen LogP contribution in [0.1, 0.15) is 26.3 Å². The van der Waals surface area contributed by atoms with E-state index in [0.717, 1.165) is 44.1 Å². The zero-order chi connectivity index (χ0) is 21.8. The average Bonchev–Trinajstić information content (AvgIpc) is 2.67. The number of hydrogen-bond donors (Lipinski definition) is 1. The van der Waals surface area contributed by atoms with Crippen molar-refractivity contribution < 1.29 is 20.3 Å². The maximum Gasteiger partial charge on any atom is 0.320 e. The van der Waals surface area contributed by atoms with Crippen molar-refractivity contribution >= 4 is 24.4 Å². The second-order valence-corrected chi connectivity index (χ2v) is 13.6. The molecule has 0 radical (unpaired) electrons. The molecule has 5 rings (SSSR count). The third-order valence-corrected chi connectivity index (χ3v) is 8.94. The van der Waals surface area contributed by atoms with E-state index < -0.39 is 7.14 Å². The summed E-state index contributed by atoms with van der Waals surface area (Å²) < 4.78 is 17.9. The minimum Gasteiger partial charge on any atom is -0.366 e. The molecule has 7 nitrogen and oxygen atoms in total. The van der Waals surface area contributed by atoms with Gasteiger partial charge in [0.25, 0.3) is 0 Å². The monoisotopic (exact) mass is 447 g/mol. The van der Waals surface area contributed by atoms with Crippen LogP contribution in [0.4, 0.5) is 4.79 Å². The first-order chi connectivity index (χ1) is 14.7. The molecule has 31 heavy (non-hydrogen) atoms. The molecule has 3 aliphatic heterocycles. The topological polar surface area (TPSA) is 79.0 Å². The van der Waals surface area contributed by atoms with E-state index in [4.69, 9.17) is 4.74 Å². The SMILES string of the molecule is CP(C)(=O)c1cccc(CC2CC3(C2)CN(C(=O)N2CC[C@@H]4OCC(=O)N[C@@H]4C2)C3)c1.[HH]. The summed E-state index contributed by atoms with van der Waals surface area (Å²) in [6, 6.07) is 8.25. The van der Waals surface area contributed by atoms with E-state index in [1.165, 1.54) is 5.56 Å². The number of nitrogens with one attached hydrogen (secondary N) is 1. The summed E-state index contributed by atoms with van der Waals surface area (Å²) in [7, 11) is -2.22. The zero-order valence-corrected chi connectivity index (χ0v) is 19.3. The molecule has 170 valence electrons. The highest BCUT2D eigenvalue weighted by molar-refractivity contribution is 7.70. The second-order valence-electron chi connectivity index (χ2n) is 10.4. The van der Waals surface area contributed by atoms with Gasteiger partial charge in [0.15, 0.2) is 0 Å². The molecular weight excluding hydrogens is 413 g/mol. The van der Waals surface area contributed by atoms with Crippen LogP contribution in [0.15, 0.2) is 24.3 Å². The molecule has 8 heteroatoms. The van der Waals surface area contributed by atoms with Gasteiger partial charge in [0.2, 0.25) is 5.91 Å². The first kappa shape index (κ1) is 21.0. The molecule has 0 bridgehead atoms. The number of benzene rings is 1. The number of likely N-dealkylation sites (tertiary alicyclic amines) is 2. The number of nitrogens with zero attached hydrogens (tertiary/aromatic N) is 2. The van der Waals surface area contributed by atoms with Crippen LogP contribution in [0.2, 0.25) is 0 Å². The Morgan fingerprint density at radius 2 is 2.06 bits per heavy atom. The molecular formula is C23H34N3O4P. The summed E-state index contributed by atoms with van der Waals surface area (Å²) in [6.07, 6.45) is 4.15. The fraction of sp³-hybridized carbons (Fsp3) is 0.652. The lowest BCUT2D eigenvalue weighted by molar-refractivity contribution is -0.140. The van der Waals surface area contributed by atoms with E-state index in [-0.39, 0.29) is 32.1 Å². The van der Waals surface area contributed by atoms with E-state index in [1.807, 2.05) is 35.3 Å². The Kier molecular flexibility index (Phi) is 5.17. The Morgan fingerprint density at radius 1 is 1.29 bits per heavy atom. The predicted molar refractivity (Wildman–Crippen MR) is 121 cm³/mol. The van der Waals surface area contributed by atoms with Crippen molar-refractivity contribution in [3.8, 4) is 0 Å². The Labute approximate surface area is 185 Å². The van der Waals surface area contributed by atoms with E-state index in [0.29, 0.717) is 24.4 Å². The van der Waals surface area contributed by atoms with Gasteiger partial charge in [-0.15, -0.1) is 0 Å². The summed E-state index contributed by atoms with van der Waals surface area (Å²) >= 11 is 0. The van der Waals surface area contributed by atoms with Gasteiger partial charge in [-0.25, -0.2) is 4.79 Å². The largest absolute Gasteiger partial charge is 0.366 e. The third-order valence-electron chi connectivity index (χ3n) is 7.42. The summed E-state index contributed by atoms with van der Waals surface area (Å²) in [5.74, 6) is 0.552. The molecule has 4 fully saturated rings. The lowest BCUT2D eigenvalue weighted by Crippen LogP contribution is -2.68. The van der Waals surface area contributed by atoms with Crippen LogP contribution in [-0.2, 0) is 20.5 Å². The molecule has 1 saturated carbocycles. The van der Waals surface area contributed by atoms with Gasteiger partial charge in [0, 0.05) is 38.3 Å². The van der Waals surface area contributed by atoms with E-state index in [2.05, 4.69) is 17.4 Å². The lowest BCUT2D eigenvalue weighted by Gasteiger charge is -2.60. The molecule has 1 spiro atoms. The molecule has 4 aliphatic rings. The minimum atomic E-state index is -2.22. The molecule has 2 atom stereocenters. The normalized spacial score (nSPS) is 27.9. The molecule has 1 N–H and O–H groups in total. The van der Waals surface area contributed by atoms with Crippen LogP contribution >= 0.6 is 7.14 Å². The number of ether oxygens (including phenoxy) is 1. The van der Waals surface area contributed by atoms with Gasteiger partial charge in [0.05, 0.1) is 12.1 Å². The molecule has 1 aromatic rings. The van der Waals surface area contributed by atoms with Gasteiger partial charge in [0.1, 0.15) is 13.7 Å². The Balaban J connectivity index is 0.00000245. The fourth-order valence-corrected chi connectivity index (χ4v) is 6.81. The van der Waals surface area contributed by atoms with E-state index in [9.17, 15) is 14.2 Å². The standard InChI is InChI=1S/C23H32N3O4P.H2/c1-31(2,29)18-5-3-4-16(9-18)8-17-10-23(11-17)14-26(15-23)22(28)25-7-6-20-19(12-25)24-21(27)13-30-20;/h3-5,9,17,19-20H,6-8,10-15H2,1-2H3,(H,24,27);1H/t19-,20+;/m1./s1. The highest BCUT2D eigenvalue weighted by Gasteiger charge is 2.54. The van der Waals surface area contributed by atoms with Crippen molar-refractivity contribution in [3.05, 3.63) is 29.8 Å². The lowest BCUT2D eigenvalue weighted by atomic mass is 9.56. The van der Waals surface area contributed by atoms with Crippen LogP contribution in [0, 0.1) is 11.3 Å². The number of fused-ring (bicyclic) bond motifs is 1. The van der Waals surface area contributed by atoms with Crippen molar-refractivity contribution in [1.29, 1.82) is 0 Å². The fourth-order valence-electron chi connectivity index (χ4n) is 5.89. The number of urea groups is 1. The van der Waals surface area contributed by atoms with Crippen LogP contribution in [0.3, 0.4) is 0 Å². The van der Waals surface area contributed by atoms with Crippen LogP contribution in [0.25, 0.3) is 0 Å². The van der Waals surface area contributed by atoms with Crippen molar-refractivity contribution in [2.24, 2.45) is 11.3 Å². The van der Waals surface area contributed by atoms with Crippen LogP contribution in [0.5, 0.6) is 0 Å². The molecule has 0 unspecified atom stereocenters. The van der Waals surface area contributed by atoms with Crippen LogP contribution < -0.4 is 10.6 Å².